The maximum Gasteiger partial charge on any atom is 0.227 e. The van der Waals surface area contributed by atoms with Crippen molar-refractivity contribution in [2.24, 2.45) is 0 Å². The van der Waals surface area contributed by atoms with Crippen molar-refractivity contribution < 1.29 is 13.7 Å². The molecule has 0 aliphatic carbocycles. The van der Waals surface area contributed by atoms with E-state index in [0.717, 1.165) is 34.8 Å². The Morgan fingerprint density at radius 1 is 1.30 bits per heavy atom. The van der Waals surface area contributed by atoms with Crippen molar-refractivity contribution in [2.75, 3.05) is 18.4 Å². The van der Waals surface area contributed by atoms with Crippen molar-refractivity contribution in [3.63, 3.8) is 0 Å². The number of amides is 1. The molecule has 7 nitrogen and oxygen atoms in total. The fraction of sp³-hybridized carbons (Fsp3) is 0.364. The van der Waals surface area contributed by atoms with Gasteiger partial charge in [0.05, 0.1) is 18.3 Å². The van der Waals surface area contributed by atoms with Crippen LogP contribution in [0.25, 0.3) is 0 Å². The van der Waals surface area contributed by atoms with E-state index >= 15 is 0 Å². The lowest BCUT2D eigenvalue weighted by Crippen LogP contribution is -2.30. The van der Waals surface area contributed by atoms with Crippen molar-refractivity contribution in [1.82, 2.24) is 20.0 Å². The van der Waals surface area contributed by atoms with Crippen molar-refractivity contribution in [3.8, 4) is 0 Å². The number of aromatic nitrogens is 3. The van der Waals surface area contributed by atoms with Gasteiger partial charge in [0, 0.05) is 41.6 Å². The molecule has 0 saturated carbocycles. The van der Waals surface area contributed by atoms with E-state index in [1.807, 2.05) is 37.8 Å². The van der Waals surface area contributed by atoms with E-state index < -0.39 is 0 Å². The molecule has 1 N–H and O–H groups in total. The van der Waals surface area contributed by atoms with Crippen LogP contribution in [0.5, 0.6) is 0 Å². The lowest BCUT2D eigenvalue weighted by Gasteiger charge is -2.17. The molecule has 0 unspecified atom stereocenters. The van der Waals surface area contributed by atoms with E-state index in [1.165, 1.54) is 12.3 Å². The molecule has 8 heteroatoms. The number of hydrogen-bond donors (Lipinski definition) is 1. The number of carbonyl (C=O) groups is 1. The summed E-state index contributed by atoms with van der Waals surface area (Å²) in [5, 5.41) is 7.12. The molecule has 30 heavy (non-hydrogen) atoms. The SMILES string of the molecule is Cc1cc(Nc2ccc(F)cn2)cc([C@H]2CCN(C(=O)Cc3c(C)noc3C)C2)n1. The highest BCUT2D eigenvalue weighted by atomic mass is 19.1. The molecule has 0 radical (unpaired) electrons. The Balaban J connectivity index is 1.45. The van der Waals surface area contributed by atoms with Crippen LogP contribution < -0.4 is 5.32 Å². The van der Waals surface area contributed by atoms with E-state index in [-0.39, 0.29) is 17.6 Å². The third-order valence-corrected chi connectivity index (χ3v) is 5.44. The zero-order valence-electron chi connectivity index (χ0n) is 17.3. The zero-order chi connectivity index (χ0) is 21.3. The number of likely N-dealkylation sites (tertiary alicyclic amines) is 1. The molecule has 1 amide bonds. The van der Waals surface area contributed by atoms with Crippen LogP contribution in [0.1, 0.15) is 40.7 Å². The number of pyridine rings is 2. The Kier molecular flexibility index (Phi) is 5.48. The predicted octanol–water partition coefficient (Wildman–Crippen LogP) is 3.83. The maximum absolute atomic E-state index is 13.1. The quantitative estimate of drug-likeness (QED) is 0.689. The molecule has 1 atom stereocenters. The second-order valence-corrected chi connectivity index (χ2v) is 7.71. The average Bonchev–Trinajstić information content (AvgIpc) is 3.32. The van der Waals surface area contributed by atoms with Crippen LogP contribution in [0.15, 0.2) is 35.0 Å². The van der Waals surface area contributed by atoms with Gasteiger partial charge in [-0.25, -0.2) is 9.37 Å². The molecule has 1 fully saturated rings. The molecule has 4 heterocycles. The Morgan fingerprint density at radius 3 is 2.83 bits per heavy atom. The summed E-state index contributed by atoms with van der Waals surface area (Å²) in [5.74, 6) is 1.13. The zero-order valence-corrected chi connectivity index (χ0v) is 17.3. The van der Waals surface area contributed by atoms with Gasteiger partial charge in [0.15, 0.2) is 0 Å². The summed E-state index contributed by atoms with van der Waals surface area (Å²) in [7, 11) is 0. The fourth-order valence-corrected chi connectivity index (χ4v) is 3.82. The molecule has 4 rings (SSSR count). The standard InChI is InChI=1S/C22H24FN5O2/c1-13-8-18(26-21-5-4-17(23)11-24-21)9-20(25-13)16-6-7-28(12-16)22(29)10-19-14(2)27-30-15(19)3/h4-5,8-9,11,16H,6-7,10,12H2,1-3H3,(H,24,25,26)/t16-/m0/s1. The second-order valence-electron chi connectivity index (χ2n) is 7.71. The van der Waals surface area contributed by atoms with Crippen LogP contribution in [0.4, 0.5) is 15.9 Å². The van der Waals surface area contributed by atoms with E-state index in [0.29, 0.717) is 31.1 Å². The Morgan fingerprint density at radius 2 is 2.13 bits per heavy atom. The molecule has 156 valence electrons. The molecule has 0 aromatic carbocycles. The molecule has 0 spiro atoms. The average molecular weight is 409 g/mol. The molecule has 3 aromatic rings. The summed E-state index contributed by atoms with van der Waals surface area (Å²) in [6, 6.07) is 6.86. The largest absolute Gasteiger partial charge is 0.361 e. The molecule has 1 aliphatic heterocycles. The van der Waals surface area contributed by atoms with Crippen LogP contribution in [-0.2, 0) is 11.2 Å². The smallest absolute Gasteiger partial charge is 0.227 e. The van der Waals surface area contributed by atoms with Crippen LogP contribution in [-0.4, -0.2) is 39.0 Å². The van der Waals surface area contributed by atoms with Crippen molar-refractivity contribution >= 4 is 17.4 Å². The number of rotatable bonds is 5. The third kappa shape index (κ3) is 4.32. The van der Waals surface area contributed by atoms with Gasteiger partial charge in [-0.05, 0) is 51.5 Å². The molecule has 0 bridgehead atoms. The van der Waals surface area contributed by atoms with Crippen LogP contribution in [0.3, 0.4) is 0 Å². The molecule has 3 aromatic heterocycles. The molecule has 1 saturated heterocycles. The number of carbonyl (C=O) groups excluding carboxylic acids is 1. The normalized spacial score (nSPS) is 16.1. The van der Waals surface area contributed by atoms with Gasteiger partial charge in [-0.3, -0.25) is 9.78 Å². The minimum atomic E-state index is -0.376. The van der Waals surface area contributed by atoms with Gasteiger partial charge >= 0.3 is 0 Å². The number of nitrogens with zero attached hydrogens (tertiary/aromatic N) is 4. The summed E-state index contributed by atoms with van der Waals surface area (Å²) >= 11 is 0. The minimum absolute atomic E-state index is 0.0772. The van der Waals surface area contributed by atoms with Gasteiger partial charge in [0.2, 0.25) is 5.91 Å². The van der Waals surface area contributed by atoms with Crippen molar-refractivity contribution in [1.29, 1.82) is 0 Å². The van der Waals surface area contributed by atoms with E-state index in [4.69, 9.17) is 4.52 Å². The number of anilines is 2. The summed E-state index contributed by atoms with van der Waals surface area (Å²) in [6.45, 7) is 6.95. The highest BCUT2D eigenvalue weighted by molar-refractivity contribution is 5.79. The first kappa shape index (κ1) is 20.0. The van der Waals surface area contributed by atoms with Gasteiger partial charge in [0.1, 0.15) is 17.4 Å². The maximum atomic E-state index is 13.1. The topological polar surface area (TPSA) is 84.2 Å². The van der Waals surface area contributed by atoms with Crippen LogP contribution in [0.2, 0.25) is 0 Å². The van der Waals surface area contributed by atoms with Gasteiger partial charge in [-0.2, -0.15) is 0 Å². The molecular formula is C22H24FN5O2. The lowest BCUT2D eigenvalue weighted by atomic mass is 10.0. The summed E-state index contributed by atoms with van der Waals surface area (Å²) < 4.78 is 18.2. The first-order valence-electron chi connectivity index (χ1n) is 9.95. The number of aryl methyl sites for hydroxylation is 3. The van der Waals surface area contributed by atoms with E-state index in [1.54, 1.807) is 6.07 Å². The Hall–Kier alpha value is -3.29. The highest BCUT2D eigenvalue weighted by Crippen LogP contribution is 2.29. The first-order valence-corrected chi connectivity index (χ1v) is 9.95. The van der Waals surface area contributed by atoms with E-state index in [9.17, 15) is 9.18 Å². The lowest BCUT2D eigenvalue weighted by molar-refractivity contribution is -0.129. The number of hydrogen-bond acceptors (Lipinski definition) is 6. The van der Waals surface area contributed by atoms with Gasteiger partial charge in [-0.1, -0.05) is 5.16 Å². The fourth-order valence-electron chi connectivity index (χ4n) is 3.82. The summed E-state index contributed by atoms with van der Waals surface area (Å²) in [4.78, 5) is 23.4. The predicted molar refractivity (Wildman–Crippen MR) is 110 cm³/mol. The first-order chi connectivity index (χ1) is 14.4. The van der Waals surface area contributed by atoms with Gasteiger partial charge in [0.25, 0.3) is 0 Å². The molecular weight excluding hydrogens is 385 g/mol. The Bertz CT molecular complexity index is 1040. The highest BCUT2D eigenvalue weighted by Gasteiger charge is 2.29. The third-order valence-electron chi connectivity index (χ3n) is 5.44. The van der Waals surface area contributed by atoms with Crippen LogP contribution >= 0.6 is 0 Å². The molecule has 1 aliphatic rings. The monoisotopic (exact) mass is 409 g/mol. The van der Waals surface area contributed by atoms with Crippen molar-refractivity contribution in [2.45, 2.75) is 39.5 Å². The second kappa shape index (κ2) is 8.22. The van der Waals surface area contributed by atoms with Gasteiger partial charge in [-0.15, -0.1) is 0 Å². The summed E-state index contributed by atoms with van der Waals surface area (Å²) in [5.41, 5.74) is 4.29. The number of halogens is 1. The summed E-state index contributed by atoms with van der Waals surface area (Å²) in [6.07, 6.45) is 2.34. The Labute approximate surface area is 174 Å². The van der Waals surface area contributed by atoms with Crippen molar-refractivity contribution in [3.05, 3.63) is 64.7 Å². The number of nitrogens with one attached hydrogen (secondary N) is 1. The minimum Gasteiger partial charge on any atom is -0.361 e. The van der Waals surface area contributed by atoms with Gasteiger partial charge < -0.3 is 14.7 Å². The van der Waals surface area contributed by atoms with Crippen LogP contribution in [0, 0.1) is 26.6 Å². The van der Waals surface area contributed by atoms with E-state index in [2.05, 4.69) is 20.4 Å².